The Morgan fingerprint density at radius 1 is 1.05 bits per heavy atom. The van der Waals surface area contributed by atoms with Crippen LogP contribution in [0, 0.1) is 0 Å². The Balaban J connectivity index is 1.66. The van der Waals surface area contributed by atoms with Gasteiger partial charge in [0.05, 0.1) is 48.0 Å². The monoisotopic (exact) mass is 654 g/mol. The first-order chi connectivity index (χ1) is 20.2. The molecule has 0 spiro atoms. The number of nitrogens with zero attached hydrogens (tertiary/aromatic N) is 2. The Bertz CT molecular complexity index is 1540. The molecule has 42 heavy (non-hydrogen) atoms. The number of benzene rings is 3. The third kappa shape index (κ3) is 7.51. The predicted molar refractivity (Wildman–Crippen MR) is 162 cm³/mol. The SMILES string of the molecule is CCOC(=O)COc1c(Br)cc(/C=C2\SC(=Nc3ccc(OC)cc3)N(Cc3ccc(C(=O)O)cc3)C2=O)cc1OC. The Morgan fingerprint density at radius 3 is 2.38 bits per heavy atom. The van der Waals surface area contributed by atoms with Crippen LogP contribution < -0.4 is 14.2 Å². The van der Waals surface area contributed by atoms with Crippen LogP contribution in [-0.4, -0.2) is 60.5 Å². The predicted octanol–water partition coefficient (Wildman–Crippen LogP) is 5.91. The molecule has 0 aromatic heterocycles. The lowest BCUT2D eigenvalue weighted by atomic mass is 10.1. The summed E-state index contributed by atoms with van der Waals surface area (Å²) in [5, 5.41) is 9.68. The summed E-state index contributed by atoms with van der Waals surface area (Å²) in [5.74, 6) is -0.441. The van der Waals surface area contributed by atoms with E-state index in [0.717, 1.165) is 5.56 Å². The van der Waals surface area contributed by atoms with Crippen molar-refractivity contribution in [1.82, 2.24) is 4.90 Å². The van der Waals surface area contributed by atoms with E-state index in [-0.39, 0.29) is 31.2 Å². The van der Waals surface area contributed by atoms with E-state index in [9.17, 15) is 19.5 Å². The van der Waals surface area contributed by atoms with E-state index in [4.69, 9.17) is 23.9 Å². The van der Waals surface area contributed by atoms with Crippen LogP contribution in [-0.2, 0) is 20.9 Å². The highest BCUT2D eigenvalue weighted by molar-refractivity contribution is 9.10. The zero-order valence-corrected chi connectivity index (χ0v) is 25.4. The topological polar surface area (TPSA) is 124 Å². The Hall–Kier alpha value is -4.29. The van der Waals surface area contributed by atoms with Crippen LogP contribution in [0.4, 0.5) is 5.69 Å². The number of carboxylic acid groups (broad SMARTS) is 1. The number of ether oxygens (including phenoxy) is 4. The Labute approximate surface area is 255 Å². The highest BCUT2D eigenvalue weighted by atomic mass is 79.9. The fourth-order valence-electron chi connectivity index (χ4n) is 3.88. The largest absolute Gasteiger partial charge is 0.497 e. The van der Waals surface area contributed by atoms with Crippen LogP contribution in [0.3, 0.4) is 0 Å². The molecular weight excluding hydrogens is 628 g/mol. The van der Waals surface area contributed by atoms with E-state index in [0.29, 0.717) is 43.0 Å². The number of halogens is 1. The highest BCUT2D eigenvalue weighted by Gasteiger charge is 2.33. The molecule has 218 valence electrons. The van der Waals surface area contributed by atoms with Crippen molar-refractivity contribution in [3.05, 3.63) is 86.7 Å². The summed E-state index contributed by atoms with van der Waals surface area (Å²) in [6.07, 6.45) is 1.71. The highest BCUT2D eigenvalue weighted by Crippen LogP contribution is 2.40. The fourth-order valence-corrected chi connectivity index (χ4v) is 5.45. The number of carbonyl (C=O) groups excluding carboxylic acids is 2. The third-order valence-corrected chi connectivity index (χ3v) is 7.51. The minimum atomic E-state index is -1.03. The molecule has 3 aromatic rings. The molecule has 3 aromatic carbocycles. The normalized spacial score (nSPS) is 14.8. The molecule has 0 unspecified atom stereocenters. The smallest absolute Gasteiger partial charge is 0.344 e. The van der Waals surface area contributed by atoms with Gasteiger partial charge < -0.3 is 24.1 Å². The molecule has 1 aliphatic rings. The molecule has 0 radical (unpaired) electrons. The van der Waals surface area contributed by atoms with Crippen molar-refractivity contribution in [3.8, 4) is 17.2 Å². The van der Waals surface area contributed by atoms with Crippen molar-refractivity contribution < 1.29 is 38.4 Å². The van der Waals surface area contributed by atoms with Crippen LogP contribution in [0.2, 0.25) is 0 Å². The number of amidine groups is 1. The van der Waals surface area contributed by atoms with Gasteiger partial charge in [-0.05, 0) is 100 Å². The van der Waals surface area contributed by atoms with Crippen LogP contribution in [0.1, 0.15) is 28.4 Å². The number of methoxy groups -OCH3 is 2. The Kier molecular flexibility index (Phi) is 10.3. The molecule has 0 saturated carbocycles. The van der Waals surface area contributed by atoms with E-state index in [2.05, 4.69) is 15.9 Å². The third-order valence-electron chi connectivity index (χ3n) is 5.92. The van der Waals surface area contributed by atoms with E-state index in [1.807, 2.05) is 0 Å². The lowest BCUT2D eigenvalue weighted by Crippen LogP contribution is -2.28. The van der Waals surface area contributed by atoms with Crippen LogP contribution in [0.25, 0.3) is 6.08 Å². The van der Waals surface area contributed by atoms with Crippen LogP contribution in [0.15, 0.2) is 75.0 Å². The number of aromatic carboxylic acids is 1. The second kappa shape index (κ2) is 14.1. The number of carbonyl (C=O) groups is 3. The summed E-state index contributed by atoms with van der Waals surface area (Å²) in [5.41, 5.74) is 2.17. The van der Waals surface area contributed by atoms with Gasteiger partial charge in [0.15, 0.2) is 23.3 Å². The number of rotatable bonds is 11. The van der Waals surface area contributed by atoms with Gasteiger partial charge in [-0.25, -0.2) is 14.6 Å². The van der Waals surface area contributed by atoms with E-state index < -0.39 is 11.9 Å². The molecular formula is C30H27BrN2O8S. The summed E-state index contributed by atoms with van der Waals surface area (Å²) >= 11 is 4.68. The zero-order chi connectivity index (χ0) is 30.2. The number of hydrogen-bond donors (Lipinski definition) is 1. The first-order valence-electron chi connectivity index (χ1n) is 12.6. The fraction of sp³-hybridized carbons (Fsp3) is 0.200. The summed E-state index contributed by atoms with van der Waals surface area (Å²) in [6, 6.07) is 16.9. The van der Waals surface area contributed by atoms with Crippen LogP contribution >= 0.6 is 27.7 Å². The Morgan fingerprint density at radius 2 is 1.76 bits per heavy atom. The molecule has 0 atom stereocenters. The molecule has 12 heteroatoms. The van der Waals surface area contributed by atoms with Crippen molar-refractivity contribution in [1.29, 1.82) is 0 Å². The second-order valence-corrected chi connectivity index (χ2v) is 10.6. The number of thioether (sulfide) groups is 1. The molecule has 1 fully saturated rings. The van der Waals surface area contributed by atoms with E-state index in [1.165, 1.54) is 31.0 Å². The zero-order valence-electron chi connectivity index (χ0n) is 23.0. The number of amides is 1. The summed E-state index contributed by atoms with van der Waals surface area (Å²) in [4.78, 5) is 43.4. The minimum absolute atomic E-state index is 0.155. The molecule has 1 heterocycles. The van der Waals surface area contributed by atoms with Crippen molar-refractivity contribution in [2.45, 2.75) is 13.5 Å². The molecule has 0 bridgehead atoms. The van der Waals surface area contributed by atoms with Crippen molar-refractivity contribution in [3.63, 3.8) is 0 Å². The van der Waals surface area contributed by atoms with Gasteiger partial charge in [0, 0.05) is 0 Å². The molecule has 4 rings (SSSR count). The van der Waals surface area contributed by atoms with Gasteiger partial charge in [0.2, 0.25) is 0 Å². The molecule has 10 nitrogen and oxygen atoms in total. The van der Waals surface area contributed by atoms with Crippen LogP contribution in [0.5, 0.6) is 17.2 Å². The van der Waals surface area contributed by atoms with Gasteiger partial charge in [-0.3, -0.25) is 9.69 Å². The van der Waals surface area contributed by atoms with Gasteiger partial charge in [0.1, 0.15) is 5.75 Å². The second-order valence-electron chi connectivity index (χ2n) is 8.72. The van der Waals surface area contributed by atoms with Gasteiger partial charge in [-0.1, -0.05) is 12.1 Å². The molecule has 0 aliphatic carbocycles. The van der Waals surface area contributed by atoms with Crippen molar-refractivity contribution in [2.75, 3.05) is 27.4 Å². The summed E-state index contributed by atoms with van der Waals surface area (Å²) in [7, 11) is 3.05. The van der Waals surface area contributed by atoms with Gasteiger partial charge in [0.25, 0.3) is 5.91 Å². The van der Waals surface area contributed by atoms with E-state index in [1.54, 1.807) is 73.5 Å². The molecule has 1 aliphatic heterocycles. The molecule has 1 saturated heterocycles. The first-order valence-corrected chi connectivity index (χ1v) is 14.3. The minimum Gasteiger partial charge on any atom is -0.497 e. The first kappa shape index (κ1) is 30.7. The summed E-state index contributed by atoms with van der Waals surface area (Å²) in [6.45, 7) is 1.85. The number of carboxylic acids is 1. The van der Waals surface area contributed by atoms with Crippen molar-refractivity contribution >= 4 is 62.5 Å². The average Bonchev–Trinajstić information content (AvgIpc) is 3.25. The maximum absolute atomic E-state index is 13.7. The number of esters is 1. The number of aliphatic imine (C=N–C) groups is 1. The van der Waals surface area contributed by atoms with E-state index >= 15 is 0 Å². The quantitative estimate of drug-likeness (QED) is 0.198. The number of hydrogen-bond acceptors (Lipinski definition) is 9. The lowest BCUT2D eigenvalue weighted by molar-refractivity contribution is -0.145. The van der Waals surface area contributed by atoms with Gasteiger partial charge >= 0.3 is 11.9 Å². The maximum Gasteiger partial charge on any atom is 0.344 e. The van der Waals surface area contributed by atoms with Crippen molar-refractivity contribution in [2.24, 2.45) is 4.99 Å². The summed E-state index contributed by atoms with van der Waals surface area (Å²) < 4.78 is 21.8. The molecule has 1 N–H and O–H groups in total. The van der Waals surface area contributed by atoms with Gasteiger partial charge in [-0.2, -0.15) is 0 Å². The lowest BCUT2D eigenvalue weighted by Gasteiger charge is -2.16. The van der Waals surface area contributed by atoms with Gasteiger partial charge in [-0.15, -0.1) is 0 Å². The standard InChI is InChI=1S/C30H27BrN2O8S/c1-4-40-26(34)17-41-27-23(31)13-19(14-24(27)39-3)15-25-28(35)33(16-18-5-7-20(8-6-18)29(36)37)30(42-25)32-21-9-11-22(38-2)12-10-21/h5-15H,4,16-17H2,1-3H3,(H,36,37)/b25-15-,32-30?. The maximum atomic E-state index is 13.7. The average molecular weight is 656 g/mol. The molecule has 1 amide bonds.